The highest BCUT2D eigenvalue weighted by Gasteiger charge is 2.03. The standard InChI is InChI=1S/C10H18N2O/c1-4-6-7-11-8-10(13)12-9(3)5-2/h1,9,11H,5-8H2,2-3H3,(H,12,13). The second-order valence-corrected chi connectivity index (χ2v) is 3.01. The molecule has 3 heteroatoms. The van der Waals surface area contributed by atoms with Gasteiger partial charge < -0.3 is 10.6 Å². The summed E-state index contributed by atoms with van der Waals surface area (Å²) in [6.45, 7) is 5.08. The molecule has 0 saturated heterocycles. The number of carbonyl (C=O) groups excluding carboxylic acids is 1. The molecule has 0 aromatic heterocycles. The van der Waals surface area contributed by atoms with Gasteiger partial charge in [0.1, 0.15) is 0 Å². The van der Waals surface area contributed by atoms with Crippen molar-refractivity contribution in [2.75, 3.05) is 13.1 Å². The normalized spacial score (nSPS) is 11.8. The number of terminal acetylenes is 1. The molecule has 0 spiro atoms. The molecule has 0 aliphatic heterocycles. The van der Waals surface area contributed by atoms with Crippen molar-refractivity contribution in [3.8, 4) is 12.3 Å². The Balaban J connectivity index is 3.36. The molecule has 0 heterocycles. The van der Waals surface area contributed by atoms with E-state index in [1.54, 1.807) is 0 Å². The van der Waals surface area contributed by atoms with Crippen LogP contribution in [0, 0.1) is 12.3 Å². The first-order valence-electron chi connectivity index (χ1n) is 4.64. The Hall–Kier alpha value is -1.01. The quantitative estimate of drug-likeness (QED) is 0.464. The van der Waals surface area contributed by atoms with Crippen molar-refractivity contribution in [1.29, 1.82) is 0 Å². The minimum Gasteiger partial charge on any atom is -0.353 e. The molecule has 0 aliphatic rings. The lowest BCUT2D eigenvalue weighted by atomic mass is 10.2. The first-order valence-corrected chi connectivity index (χ1v) is 4.64. The molecule has 2 N–H and O–H groups in total. The summed E-state index contributed by atoms with van der Waals surface area (Å²) in [7, 11) is 0. The van der Waals surface area contributed by atoms with Gasteiger partial charge in [0.2, 0.25) is 5.91 Å². The Kier molecular flexibility index (Phi) is 7.04. The molecule has 0 bridgehead atoms. The van der Waals surface area contributed by atoms with Gasteiger partial charge in [-0.1, -0.05) is 6.92 Å². The summed E-state index contributed by atoms with van der Waals surface area (Å²) in [5.41, 5.74) is 0. The van der Waals surface area contributed by atoms with Crippen LogP contribution in [0.25, 0.3) is 0 Å². The number of rotatable bonds is 6. The van der Waals surface area contributed by atoms with Gasteiger partial charge in [-0.2, -0.15) is 0 Å². The van der Waals surface area contributed by atoms with Gasteiger partial charge in [-0.05, 0) is 13.3 Å². The molecule has 0 aromatic rings. The summed E-state index contributed by atoms with van der Waals surface area (Å²) in [5, 5.41) is 5.81. The first kappa shape index (κ1) is 12.0. The number of hydrogen-bond donors (Lipinski definition) is 2. The van der Waals surface area contributed by atoms with E-state index in [-0.39, 0.29) is 11.9 Å². The van der Waals surface area contributed by atoms with Gasteiger partial charge in [0.05, 0.1) is 6.54 Å². The van der Waals surface area contributed by atoms with Crippen LogP contribution in [0.15, 0.2) is 0 Å². The van der Waals surface area contributed by atoms with Gasteiger partial charge in [0.25, 0.3) is 0 Å². The average Bonchev–Trinajstić information content (AvgIpc) is 2.12. The third-order valence-corrected chi connectivity index (χ3v) is 1.75. The molecule has 3 nitrogen and oxygen atoms in total. The predicted octanol–water partition coefficient (Wildman–Crippen LogP) is 0.514. The van der Waals surface area contributed by atoms with Crippen molar-refractivity contribution in [2.24, 2.45) is 0 Å². The van der Waals surface area contributed by atoms with Gasteiger partial charge in [0, 0.05) is 19.0 Å². The Morgan fingerprint density at radius 1 is 1.62 bits per heavy atom. The Morgan fingerprint density at radius 3 is 2.85 bits per heavy atom. The van der Waals surface area contributed by atoms with Crippen LogP contribution >= 0.6 is 0 Å². The third kappa shape index (κ3) is 7.35. The molecular formula is C10H18N2O. The Bertz CT molecular complexity index is 184. The second-order valence-electron chi connectivity index (χ2n) is 3.01. The van der Waals surface area contributed by atoms with Gasteiger partial charge in [-0.25, -0.2) is 0 Å². The Morgan fingerprint density at radius 2 is 2.31 bits per heavy atom. The smallest absolute Gasteiger partial charge is 0.234 e. The highest BCUT2D eigenvalue weighted by atomic mass is 16.1. The van der Waals surface area contributed by atoms with E-state index in [1.807, 2.05) is 13.8 Å². The van der Waals surface area contributed by atoms with Crippen molar-refractivity contribution in [3.05, 3.63) is 0 Å². The van der Waals surface area contributed by atoms with Crippen LogP contribution in [0.2, 0.25) is 0 Å². The maximum Gasteiger partial charge on any atom is 0.234 e. The van der Waals surface area contributed by atoms with Crippen LogP contribution in [-0.4, -0.2) is 25.0 Å². The fourth-order valence-electron chi connectivity index (χ4n) is 0.790. The lowest BCUT2D eigenvalue weighted by molar-refractivity contribution is -0.120. The lowest BCUT2D eigenvalue weighted by Gasteiger charge is -2.11. The maximum atomic E-state index is 11.2. The summed E-state index contributed by atoms with van der Waals surface area (Å²) >= 11 is 0. The molecule has 0 aromatic carbocycles. The predicted molar refractivity (Wildman–Crippen MR) is 54.2 cm³/mol. The van der Waals surface area contributed by atoms with Crippen molar-refractivity contribution < 1.29 is 4.79 Å². The molecular weight excluding hydrogens is 164 g/mol. The van der Waals surface area contributed by atoms with Crippen LogP contribution in [0.4, 0.5) is 0 Å². The van der Waals surface area contributed by atoms with E-state index in [9.17, 15) is 4.79 Å². The van der Waals surface area contributed by atoms with Gasteiger partial charge >= 0.3 is 0 Å². The van der Waals surface area contributed by atoms with Crippen LogP contribution in [0.1, 0.15) is 26.7 Å². The van der Waals surface area contributed by atoms with E-state index >= 15 is 0 Å². The monoisotopic (exact) mass is 182 g/mol. The molecule has 1 amide bonds. The van der Waals surface area contributed by atoms with E-state index in [0.29, 0.717) is 19.5 Å². The van der Waals surface area contributed by atoms with Crippen molar-refractivity contribution in [1.82, 2.24) is 10.6 Å². The van der Waals surface area contributed by atoms with Crippen molar-refractivity contribution in [2.45, 2.75) is 32.7 Å². The zero-order valence-electron chi connectivity index (χ0n) is 8.39. The minimum atomic E-state index is 0.0337. The van der Waals surface area contributed by atoms with Crippen molar-refractivity contribution >= 4 is 5.91 Å². The summed E-state index contributed by atoms with van der Waals surface area (Å²) in [5.74, 6) is 2.53. The molecule has 0 aliphatic carbocycles. The fourth-order valence-corrected chi connectivity index (χ4v) is 0.790. The number of carbonyl (C=O) groups is 1. The van der Waals surface area contributed by atoms with Crippen molar-refractivity contribution in [3.63, 3.8) is 0 Å². The van der Waals surface area contributed by atoms with Gasteiger partial charge in [-0.3, -0.25) is 4.79 Å². The molecule has 1 unspecified atom stereocenters. The topological polar surface area (TPSA) is 41.1 Å². The molecule has 0 radical (unpaired) electrons. The molecule has 74 valence electrons. The molecule has 1 atom stereocenters. The number of hydrogen-bond acceptors (Lipinski definition) is 2. The average molecular weight is 182 g/mol. The highest BCUT2D eigenvalue weighted by molar-refractivity contribution is 5.78. The van der Waals surface area contributed by atoms with Crippen LogP contribution in [-0.2, 0) is 4.79 Å². The summed E-state index contributed by atoms with van der Waals surface area (Å²) < 4.78 is 0. The summed E-state index contributed by atoms with van der Waals surface area (Å²) in [4.78, 5) is 11.2. The van der Waals surface area contributed by atoms with E-state index in [2.05, 4.69) is 16.6 Å². The summed E-state index contributed by atoms with van der Waals surface area (Å²) in [6, 6.07) is 0.252. The van der Waals surface area contributed by atoms with Gasteiger partial charge in [-0.15, -0.1) is 12.3 Å². The van der Waals surface area contributed by atoms with Crippen LogP contribution < -0.4 is 10.6 Å². The van der Waals surface area contributed by atoms with E-state index in [4.69, 9.17) is 6.42 Å². The first-order chi connectivity index (χ1) is 6.20. The zero-order chi connectivity index (χ0) is 10.1. The SMILES string of the molecule is C#CCCNCC(=O)NC(C)CC. The largest absolute Gasteiger partial charge is 0.353 e. The molecule has 13 heavy (non-hydrogen) atoms. The second kappa shape index (κ2) is 7.63. The Labute approximate surface area is 80.3 Å². The fraction of sp³-hybridized carbons (Fsp3) is 0.700. The summed E-state index contributed by atoms with van der Waals surface area (Å²) in [6.07, 6.45) is 6.67. The molecule has 0 rings (SSSR count). The molecule has 0 saturated carbocycles. The third-order valence-electron chi connectivity index (χ3n) is 1.75. The van der Waals surface area contributed by atoms with E-state index < -0.39 is 0 Å². The number of nitrogens with one attached hydrogen (secondary N) is 2. The number of amides is 1. The lowest BCUT2D eigenvalue weighted by Crippen LogP contribution is -2.38. The van der Waals surface area contributed by atoms with E-state index in [0.717, 1.165) is 6.42 Å². The molecule has 0 fully saturated rings. The highest BCUT2D eigenvalue weighted by Crippen LogP contribution is 1.86. The zero-order valence-corrected chi connectivity index (χ0v) is 8.39. The maximum absolute atomic E-state index is 11.2. The van der Waals surface area contributed by atoms with Gasteiger partial charge in [0.15, 0.2) is 0 Å². The minimum absolute atomic E-state index is 0.0337. The van der Waals surface area contributed by atoms with Crippen LogP contribution in [0.5, 0.6) is 0 Å². The van der Waals surface area contributed by atoms with Crippen LogP contribution in [0.3, 0.4) is 0 Å². The van der Waals surface area contributed by atoms with E-state index in [1.165, 1.54) is 0 Å².